The van der Waals surface area contributed by atoms with Crippen LogP contribution < -0.4 is 0 Å². The van der Waals surface area contributed by atoms with E-state index in [1.54, 1.807) is 0 Å². The van der Waals surface area contributed by atoms with E-state index < -0.39 is 0 Å². The molecule has 0 rings (SSSR count). The van der Waals surface area contributed by atoms with E-state index in [9.17, 15) is 0 Å². The van der Waals surface area contributed by atoms with Crippen LogP contribution in [0.1, 0.15) is 0 Å². The molecule has 0 saturated heterocycles. The van der Waals surface area contributed by atoms with Gasteiger partial charge in [-0.25, -0.2) is 0 Å². The molecule has 0 aliphatic heterocycles. The molecule has 0 saturated carbocycles. The molecule has 3 nitrogen and oxygen atoms in total. The molecule has 4 heavy (non-hydrogen) atoms. The van der Waals surface area contributed by atoms with Gasteiger partial charge in [-0.1, -0.05) is 0 Å². The highest BCUT2D eigenvalue weighted by molar-refractivity contribution is 4.39. The van der Waals surface area contributed by atoms with E-state index in [1.165, 1.54) is 0 Å². The average molecular weight is 60.1 g/mol. The molecule has 0 aromatic heterocycles. The molecule has 0 aliphatic carbocycles. The first kappa shape index (κ1) is 3.88. The van der Waals surface area contributed by atoms with Crippen molar-refractivity contribution in [2.24, 2.45) is 0 Å². The maximum absolute atomic E-state index is 9.03. The van der Waals surface area contributed by atoms with Crippen molar-refractivity contribution in [3.63, 3.8) is 0 Å². The molecule has 0 aliphatic rings. The van der Waals surface area contributed by atoms with E-state index >= 15 is 0 Å². The van der Waals surface area contributed by atoms with Gasteiger partial charge in [-0.2, -0.15) is 0 Å². The Morgan fingerprint density at radius 3 is 2.00 bits per heavy atom. The van der Waals surface area contributed by atoms with Crippen LogP contribution in [0.2, 0.25) is 0 Å². The van der Waals surface area contributed by atoms with Crippen LogP contribution in [-0.4, -0.2) is 12.2 Å². The van der Waals surface area contributed by atoms with Gasteiger partial charge in [0.15, 0.2) is 0 Å². The number of nitrogens with one attached hydrogen (secondary N) is 1. The highest BCUT2D eigenvalue weighted by atomic mass is 16.5. The zero-order valence-corrected chi connectivity index (χ0v) is 2.36. The molecule has 1 N–H and O–H groups in total. The Morgan fingerprint density at radius 2 is 2.00 bits per heavy atom. The Hall–Kier alpha value is -0.120. The largest absolute Gasteiger partial charge is 0.803 e. The third-order valence-corrected chi connectivity index (χ3v) is 0. The SMILES string of the molecule is CN([NH-])[O-]. The summed E-state index contributed by atoms with van der Waals surface area (Å²) in [5, 5.41) is 9.03. The summed E-state index contributed by atoms with van der Waals surface area (Å²) in [5.74, 6) is 5.86. The monoisotopic (exact) mass is 60.0 g/mol. The van der Waals surface area contributed by atoms with Crippen LogP contribution in [0, 0.1) is 5.21 Å². The summed E-state index contributed by atoms with van der Waals surface area (Å²) >= 11 is 0. The van der Waals surface area contributed by atoms with Gasteiger partial charge in [0.05, 0.1) is 0 Å². The van der Waals surface area contributed by atoms with Crippen LogP contribution in [0.4, 0.5) is 0 Å². The van der Waals surface area contributed by atoms with Gasteiger partial charge < -0.3 is 16.2 Å². The summed E-state index contributed by atoms with van der Waals surface area (Å²) in [7, 11) is 1.11. The second kappa shape index (κ2) is 1.23. The van der Waals surface area contributed by atoms with Gasteiger partial charge in [-0.05, 0) is 7.05 Å². The highest BCUT2D eigenvalue weighted by Crippen LogP contribution is 1.62. The predicted molar refractivity (Wildman–Crippen MR) is 15.5 cm³/mol. The molecule has 0 spiro atoms. The van der Waals surface area contributed by atoms with Gasteiger partial charge in [0.25, 0.3) is 0 Å². The third kappa shape index (κ3) is 101. The Morgan fingerprint density at radius 1 is 2.00 bits per heavy atom. The minimum atomic E-state index is 0. The van der Waals surface area contributed by atoms with E-state index in [4.69, 9.17) is 11.0 Å². The van der Waals surface area contributed by atoms with Gasteiger partial charge in [-0.15, -0.1) is 0 Å². The fourth-order valence-corrected chi connectivity index (χ4v) is 0. The van der Waals surface area contributed by atoms with Crippen molar-refractivity contribution >= 4 is 0 Å². The first-order valence-corrected chi connectivity index (χ1v) is 0.853. The normalized spacial score (nSPS) is 9.00. The fraction of sp³-hybridized carbons (Fsp3) is 1.00. The van der Waals surface area contributed by atoms with Crippen LogP contribution in [0.15, 0.2) is 0 Å². The molecule has 3 heteroatoms. The third-order valence-electron chi connectivity index (χ3n) is 0. The number of rotatable bonds is 0. The number of hydrogen-bond donors (Lipinski definition) is 0. The Labute approximate surface area is 24.6 Å². The molecular formula is CH4N2O-2. The van der Waals surface area contributed by atoms with Gasteiger partial charge in [0, 0.05) is 0 Å². The van der Waals surface area contributed by atoms with Gasteiger partial charge >= 0.3 is 0 Å². The molecule has 0 aromatic carbocycles. The number of hydrogen-bond acceptors (Lipinski definition) is 2. The topological polar surface area (TPSA) is 50.1 Å². The van der Waals surface area contributed by atoms with Crippen molar-refractivity contribution in [1.29, 1.82) is 0 Å². The molecule has 0 radical (unpaired) electrons. The van der Waals surface area contributed by atoms with Crippen LogP contribution in [-0.2, 0) is 0 Å². The first-order valence-electron chi connectivity index (χ1n) is 0.853. The molecule has 26 valence electrons. The molecule has 0 aromatic rings. The molecule has 0 heterocycles. The summed E-state index contributed by atoms with van der Waals surface area (Å²) in [6.45, 7) is 0. The zero-order chi connectivity index (χ0) is 3.58. The molecule has 0 fully saturated rings. The Bertz CT molecular complexity index is 10.8. The Balaban J connectivity index is 2.32. The number of hydroxylamine groups is 1. The second-order valence-electron chi connectivity index (χ2n) is 0.497. The van der Waals surface area contributed by atoms with Crippen molar-refractivity contribution in [2.75, 3.05) is 7.05 Å². The summed E-state index contributed by atoms with van der Waals surface area (Å²) < 4.78 is 0. The second-order valence-corrected chi connectivity index (χ2v) is 0.497. The zero-order valence-electron chi connectivity index (χ0n) is 2.36. The lowest BCUT2D eigenvalue weighted by Gasteiger charge is -2.25. The fourth-order valence-electron chi connectivity index (χ4n) is 0. The van der Waals surface area contributed by atoms with Crippen molar-refractivity contribution < 1.29 is 0 Å². The smallest absolute Gasteiger partial charge is 0.0434 e. The molecule has 0 atom stereocenters. The van der Waals surface area contributed by atoms with Crippen LogP contribution >= 0.6 is 0 Å². The lowest BCUT2D eigenvalue weighted by Crippen LogP contribution is -1.89. The van der Waals surface area contributed by atoms with Gasteiger partial charge in [0.1, 0.15) is 0 Å². The molecule has 0 unspecified atom stereocenters. The van der Waals surface area contributed by atoms with Crippen LogP contribution in [0.5, 0.6) is 0 Å². The van der Waals surface area contributed by atoms with Crippen LogP contribution in [0.3, 0.4) is 0 Å². The molecular weight excluding hydrogens is 56.0 g/mol. The average Bonchev–Trinajstić information content (AvgIpc) is 0.811. The lowest BCUT2D eigenvalue weighted by molar-refractivity contribution is 0.635. The van der Waals surface area contributed by atoms with Crippen molar-refractivity contribution in [2.45, 2.75) is 0 Å². The van der Waals surface area contributed by atoms with E-state index in [1.807, 2.05) is 0 Å². The van der Waals surface area contributed by atoms with Crippen molar-refractivity contribution in [3.05, 3.63) is 11.0 Å². The number of nitrogens with zero attached hydrogens (tertiary/aromatic N) is 1. The lowest BCUT2D eigenvalue weighted by atomic mass is 11.5. The van der Waals surface area contributed by atoms with Crippen LogP contribution in [0.25, 0.3) is 5.84 Å². The van der Waals surface area contributed by atoms with Gasteiger partial charge in [-0.3, -0.25) is 0 Å². The Kier molecular flexibility index (Phi) is 1.19. The molecule has 0 bridgehead atoms. The first-order chi connectivity index (χ1) is 1.73. The highest BCUT2D eigenvalue weighted by Gasteiger charge is 1.27. The van der Waals surface area contributed by atoms with Crippen molar-refractivity contribution in [1.82, 2.24) is 5.17 Å². The summed E-state index contributed by atoms with van der Waals surface area (Å²) in [5.41, 5.74) is 0. The summed E-state index contributed by atoms with van der Waals surface area (Å²) in [4.78, 5) is 0. The maximum Gasteiger partial charge on any atom is -0.0434 e. The van der Waals surface area contributed by atoms with E-state index in [2.05, 4.69) is 0 Å². The quantitative estimate of drug-likeness (QED) is 0.379. The maximum atomic E-state index is 9.03. The van der Waals surface area contributed by atoms with E-state index in [0.29, 0.717) is 0 Å². The van der Waals surface area contributed by atoms with Gasteiger partial charge in [0.2, 0.25) is 0 Å². The summed E-state index contributed by atoms with van der Waals surface area (Å²) in [6.07, 6.45) is 0. The summed E-state index contributed by atoms with van der Waals surface area (Å²) in [6, 6.07) is 0. The van der Waals surface area contributed by atoms with Crippen molar-refractivity contribution in [3.8, 4) is 0 Å². The minimum Gasteiger partial charge on any atom is -0.803 e. The minimum absolute atomic E-state index is 0. The predicted octanol–water partition coefficient (Wildman–Crippen LogP) is 0.383. The standard InChI is InChI=1S/CH4N2O/c1-3(2)4/h2H,1H3/q-2. The van der Waals surface area contributed by atoms with E-state index in [0.717, 1.165) is 7.05 Å². The van der Waals surface area contributed by atoms with E-state index in [-0.39, 0.29) is 5.17 Å². The molecule has 0 amide bonds.